The SMILES string of the molecule is COc1ccc(OC)c(N2C[C@H](C(=O)OCC(=O)NNC(=O)c3ccc(Cl)cc3)CC2=O)c1. The van der Waals surface area contributed by atoms with Crippen LogP contribution in [0.2, 0.25) is 5.02 Å². The zero-order valence-corrected chi connectivity index (χ0v) is 18.7. The average Bonchev–Trinajstić information content (AvgIpc) is 3.22. The maximum Gasteiger partial charge on any atom is 0.311 e. The van der Waals surface area contributed by atoms with E-state index in [0.29, 0.717) is 22.2 Å². The Morgan fingerprint density at radius 3 is 2.45 bits per heavy atom. The van der Waals surface area contributed by atoms with Crippen molar-refractivity contribution in [2.45, 2.75) is 6.42 Å². The van der Waals surface area contributed by atoms with E-state index >= 15 is 0 Å². The highest BCUT2D eigenvalue weighted by atomic mass is 35.5. The number of carbonyl (C=O) groups excluding carboxylic acids is 4. The van der Waals surface area contributed by atoms with Crippen LogP contribution in [0, 0.1) is 5.92 Å². The minimum Gasteiger partial charge on any atom is -0.497 e. The lowest BCUT2D eigenvalue weighted by Gasteiger charge is -2.20. The first-order valence-corrected chi connectivity index (χ1v) is 10.2. The minimum atomic E-state index is -0.759. The van der Waals surface area contributed by atoms with Gasteiger partial charge in [0.2, 0.25) is 5.91 Å². The van der Waals surface area contributed by atoms with Gasteiger partial charge >= 0.3 is 5.97 Å². The number of nitrogens with one attached hydrogen (secondary N) is 2. The molecule has 0 unspecified atom stereocenters. The zero-order valence-electron chi connectivity index (χ0n) is 17.9. The van der Waals surface area contributed by atoms with Gasteiger partial charge in [-0.15, -0.1) is 0 Å². The molecule has 1 atom stereocenters. The first-order valence-electron chi connectivity index (χ1n) is 9.86. The van der Waals surface area contributed by atoms with E-state index in [-0.39, 0.29) is 24.4 Å². The fourth-order valence-electron chi connectivity index (χ4n) is 3.20. The Labute approximate surface area is 194 Å². The monoisotopic (exact) mass is 475 g/mol. The highest BCUT2D eigenvalue weighted by Gasteiger charge is 2.37. The fraction of sp³-hybridized carbons (Fsp3) is 0.273. The molecule has 0 spiro atoms. The Kier molecular flexibility index (Phi) is 7.73. The Morgan fingerprint density at radius 1 is 1.06 bits per heavy atom. The van der Waals surface area contributed by atoms with Crippen LogP contribution in [0.3, 0.4) is 0 Å². The number of nitrogens with zero attached hydrogens (tertiary/aromatic N) is 1. The predicted octanol–water partition coefficient (Wildman–Crippen LogP) is 1.71. The Balaban J connectivity index is 1.51. The summed E-state index contributed by atoms with van der Waals surface area (Å²) in [5, 5.41) is 0.469. The first kappa shape index (κ1) is 23.9. The number of carbonyl (C=O) groups is 4. The van der Waals surface area contributed by atoms with Gasteiger partial charge in [-0.3, -0.25) is 30.0 Å². The number of ether oxygens (including phenoxy) is 3. The van der Waals surface area contributed by atoms with Gasteiger partial charge in [-0.2, -0.15) is 0 Å². The summed E-state index contributed by atoms with van der Waals surface area (Å²) in [5.74, 6) is -2.06. The molecule has 1 aliphatic heterocycles. The maximum atomic E-state index is 12.5. The summed E-state index contributed by atoms with van der Waals surface area (Å²) in [6.07, 6.45) is -0.0753. The summed E-state index contributed by atoms with van der Waals surface area (Å²) in [6, 6.07) is 11.0. The van der Waals surface area contributed by atoms with Crippen LogP contribution in [0.4, 0.5) is 5.69 Å². The second-order valence-electron chi connectivity index (χ2n) is 7.06. The number of hydrazine groups is 1. The van der Waals surface area contributed by atoms with Gasteiger partial charge in [-0.25, -0.2) is 0 Å². The molecule has 0 aliphatic carbocycles. The van der Waals surface area contributed by atoms with E-state index in [1.165, 1.54) is 43.4 Å². The minimum absolute atomic E-state index is 0.0656. The molecule has 2 aromatic carbocycles. The van der Waals surface area contributed by atoms with Crippen LogP contribution >= 0.6 is 11.6 Å². The number of methoxy groups -OCH3 is 2. The number of hydrogen-bond donors (Lipinski definition) is 2. The summed E-state index contributed by atoms with van der Waals surface area (Å²) in [6.45, 7) is -0.553. The van der Waals surface area contributed by atoms with Crippen LogP contribution < -0.4 is 25.2 Å². The van der Waals surface area contributed by atoms with Crippen molar-refractivity contribution in [2.75, 3.05) is 32.3 Å². The normalized spacial score (nSPS) is 15.1. The number of hydrogen-bond acceptors (Lipinski definition) is 7. The Bertz CT molecular complexity index is 1060. The number of rotatable bonds is 7. The molecule has 10 nitrogen and oxygen atoms in total. The van der Waals surface area contributed by atoms with Gasteiger partial charge in [0.05, 0.1) is 25.8 Å². The van der Waals surface area contributed by atoms with Gasteiger partial charge in [0, 0.05) is 29.6 Å². The number of anilines is 1. The van der Waals surface area contributed by atoms with Crippen LogP contribution in [0.5, 0.6) is 11.5 Å². The predicted molar refractivity (Wildman–Crippen MR) is 118 cm³/mol. The van der Waals surface area contributed by atoms with Gasteiger partial charge in [0.15, 0.2) is 6.61 Å². The number of esters is 1. The molecule has 174 valence electrons. The molecule has 0 aromatic heterocycles. The third-order valence-electron chi connectivity index (χ3n) is 4.90. The van der Waals surface area contributed by atoms with E-state index in [1.807, 2.05) is 0 Å². The summed E-state index contributed by atoms with van der Waals surface area (Å²) in [5.41, 5.74) is 5.12. The zero-order chi connectivity index (χ0) is 24.0. The Hall–Kier alpha value is -3.79. The van der Waals surface area contributed by atoms with Gasteiger partial charge in [0.25, 0.3) is 11.8 Å². The van der Waals surface area contributed by atoms with Gasteiger partial charge in [-0.1, -0.05) is 11.6 Å². The van der Waals surface area contributed by atoms with Crippen molar-refractivity contribution in [3.8, 4) is 11.5 Å². The van der Waals surface area contributed by atoms with Crippen molar-refractivity contribution in [3.63, 3.8) is 0 Å². The first-order chi connectivity index (χ1) is 15.8. The van der Waals surface area contributed by atoms with Crippen LogP contribution in [-0.2, 0) is 19.1 Å². The van der Waals surface area contributed by atoms with Crippen LogP contribution in [0.25, 0.3) is 0 Å². The smallest absolute Gasteiger partial charge is 0.311 e. The third-order valence-corrected chi connectivity index (χ3v) is 5.15. The van der Waals surface area contributed by atoms with Gasteiger partial charge in [-0.05, 0) is 36.4 Å². The summed E-state index contributed by atoms with van der Waals surface area (Å²) >= 11 is 5.76. The van der Waals surface area contributed by atoms with E-state index in [1.54, 1.807) is 18.2 Å². The molecule has 0 radical (unpaired) electrons. The molecule has 3 rings (SSSR count). The largest absolute Gasteiger partial charge is 0.497 e. The van der Waals surface area contributed by atoms with E-state index in [0.717, 1.165) is 0 Å². The van der Waals surface area contributed by atoms with Crippen molar-refractivity contribution in [1.29, 1.82) is 0 Å². The molecule has 0 saturated carbocycles. The summed E-state index contributed by atoms with van der Waals surface area (Å²) in [7, 11) is 2.97. The number of amides is 3. The van der Waals surface area contributed by atoms with E-state index < -0.39 is 30.3 Å². The van der Waals surface area contributed by atoms with Crippen molar-refractivity contribution in [3.05, 3.63) is 53.1 Å². The van der Waals surface area contributed by atoms with Crippen molar-refractivity contribution in [1.82, 2.24) is 10.9 Å². The topological polar surface area (TPSA) is 123 Å². The summed E-state index contributed by atoms with van der Waals surface area (Å²) in [4.78, 5) is 50.2. The maximum absolute atomic E-state index is 12.5. The molecule has 2 aromatic rings. The lowest BCUT2D eigenvalue weighted by atomic mass is 10.1. The highest BCUT2D eigenvalue weighted by molar-refractivity contribution is 6.30. The average molecular weight is 476 g/mol. The molecule has 1 fully saturated rings. The van der Waals surface area contributed by atoms with Crippen LogP contribution in [-0.4, -0.2) is 51.1 Å². The fourth-order valence-corrected chi connectivity index (χ4v) is 3.32. The van der Waals surface area contributed by atoms with Gasteiger partial charge < -0.3 is 19.1 Å². The molecule has 2 N–H and O–H groups in total. The van der Waals surface area contributed by atoms with Crippen LogP contribution in [0.1, 0.15) is 16.8 Å². The second-order valence-corrected chi connectivity index (χ2v) is 7.50. The highest BCUT2D eigenvalue weighted by Crippen LogP contribution is 2.36. The van der Waals surface area contributed by atoms with Crippen molar-refractivity contribution >= 4 is 41.0 Å². The lowest BCUT2D eigenvalue weighted by Crippen LogP contribution is -2.43. The molecule has 33 heavy (non-hydrogen) atoms. The molecule has 0 bridgehead atoms. The lowest BCUT2D eigenvalue weighted by molar-refractivity contribution is -0.152. The van der Waals surface area contributed by atoms with E-state index in [9.17, 15) is 19.2 Å². The molecule has 1 saturated heterocycles. The van der Waals surface area contributed by atoms with Crippen LogP contribution in [0.15, 0.2) is 42.5 Å². The Morgan fingerprint density at radius 2 is 1.79 bits per heavy atom. The molecule has 1 heterocycles. The molecular formula is C22H22ClN3O7. The molecule has 1 aliphatic rings. The van der Waals surface area contributed by atoms with E-state index in [2.05, 4.69) is 10.9 Å². The second kappa shape index (κ2) is 10.7. The number of benzene rings is 2. The number of halogens is 1. The van der Waals surface area contributed by atoms with E-state index in [4.69, 9.17) is 25.8 Å². The molecule has 3 amide bonds. The molecule has 11 heteroatoms. The third kappa shape index (κ3) is 5.92. The van der Waals surface area contributed by atoms with Crippen molar-refractivity contribution < 1.29 is 33.4 Å². The van der Waals surface area contributed by atoms with Crippen molar-refractivity contribution in [2.24, 2.45) is 5.92 Å². The summed E-state index contributed by atoms with van der Waals surface area (Å²) < 4.78 is 15.5. The molecular weight excluding hydrogens is 454 g/mol. The quantitative estimate of drug-likeness (QED) is 0.461. The standard InChI is InChI=1S/C22H22ClN3O7/c1-31-16-7-8-18(32-2)17(10-16)26-11-14(9-20(26)28)22(30)33-12-19(27)24-25-21(29)13-3-5-15(23)6-4-13/h3-8,10,14H,9,11-12H2,1-2H3,(H,24,27)(H,25,29)/t14-/m1/s1. The van der Waals surface area contributed by atoms with Gasteiger partial charge in [0.1, 0.15) is 11.5 Å².